The monoisotopic (exact) mass is 152 g/mol. The van der Waals surface area contributed by atoms with Gasteiger partial charge < -0.3 is 9.52 Å². The van der Waals surface area contributed by atoms with E-state index in [0.29, 0.717) is 6.42 Å². The second-order valence-electron chi connectivity index (χ2n) is 2.02. The third-order valence-electron chi connectivity index (χ3n) is 1.16. The molecule has 0 aliphatic carbocycles. The molecule has 11 heavy (non-hydrogen) atoms. The van der Waals surface area contributed by atoms with Crippen LogP contribution in [-0.4, -0.2) is 11.1 Å². The Morgan fingerprint density at radius 3 is 3.09 bits per heavy atom. The molecule has 1 N–H and O–H groups in total. The number of hydrogen-bond donors (Lipinski definition) is 1. The zero-order chi connectivity index (χ0) is 8.10. The van der Waals surface area contributed by atoms with E-state index < -0.39 is 5.97 Å². The Morgan fingerprint density at radius 1 is 1.73 bits per heavy atom. The summed E-state index contributed by atoms with van der Waals surface area (Å²) in [6.45, 7) is 0. The fourth-order valence-corrected chi connectivity index (χ4v) is 0.705. The van der Waals surface area contributed by atoms with Crippen molar-refractivity contribution in [3.8, 4) is 0 Å². The minimum absolute atomic E-state index is 0.527. The molecule has 1 aromatic rings. The number of rotatable bonds is 3. The highest BCUT2D eigenvalue weighted by atomic mass is 16.4. The van der Waals surface area contributed by atoms with Crippen LogP contribution in [0.3, 0.4) is 0 Å². The molecule has 58 valence electrons. The van der Waals surface area contributed by atoms with Crippen LogP contribution in [0.1, 0.15) is 5.76 Å². The van der Waals surface area contributed by atoms with E-state index in [1.807, 2.05) is 0 Å². The van der Waals surface area contributed by atoms with Gasteiger partial charge in [-0.3, -0.25) is 0 Å². The van der Waals surface area contributed by atoms with E-state index in [4.69, 9.17) is 9.52 Å². The van der Waals surface area contributed by atoms with Crippen LogP contribution in [0.4, 0.5) is 0 Å². The van der Waals surface area contributed by atoms with Crippen LogP contribution in [0, 0.1) is 0 Å². The minimum Gasteiger partial charge on any atom is -0.478 e. The van der Waals surface area contributed by atoms with Crippen LogP contribution in [0.15, 0.2) is 35.0 Å². The maximum atomic E-state index is 10.0. The second kappa shape index (κ2) is 3.61. The van der Waals surface area contributed by atoms with E-state index in [2.05, 4.69) is 0 Å². The number of carboxylic acids is 1. The van der Waals surface area contributed by atoms with Crippen molar-refractivity contribution < 1.29 is 14.3 Å². The largest absolute Gasteiger partial charge is 0.478 e. The first-order chi connectivity index (χ1) is 5.29. The van der Waals surface area contributed by atoms with Crippen LogP contribution in [0.2, 0.25) is 0 Å². The normalized spacial score (nSPS) is 10.5. The van der Waals surface area contributed by atoms with Gasteiger partial charge in [0.05, 0.1) is 6.26 Å². The summed E-state index contributed by atoms with van der Waals surface area (Å²) >= 11 is 0. The first kappa shape index (κ1) is 7.60. The van der Waals surface area contributed by atoms with Crippen molar-refractivity contribution in [1.82, 2.24) is 0 Å². The predicted octanol–water partition coefficient (Wildman–Crippen LogP) is 1.46. The van der Waals surface area contributed by atoms with Crippen molar-refractivity contribution in [2.75, 3.05) is 0 Å². The summed E-state index contributed by atoms with van der Waals surface area (Å²) < 4.78 is 4.97. The first-order valence-corrected chi connectivity index (χ1v) is 3.21. The molecule has 0 spiro atoms. The van der Waals surface area contributed by atoms with Crippen molar-refractivity contribution in [3.63, 3.8) is 0 Å². The number of carbonyl (C=O) groups is 1. The van der Waals surface area contributed by atoms with Crippen LogP contribution in [0.5, 0.6) is 0 Å². The number of carboxylic acid groups (broad SMARTS) is 1. The van der Waals surface area contributed by atoms with Gasteiger partial charge in [0.2, 0.25) is 0 Å². The number of allylic oxidation sites excluding steroid dienone is 1. The zero-order valence-corrected chi connectivity index (χ0v) is 5.86. The molecule has 0 aliphatic heterocycles. The topological polar surface area (TPSA) is 50.4 Å². The first-order valence-electron chi connectivity index (χ1n) is 3.21. The molecule has 0 bridgehead atoms. The highest BCUT2D eigenvalue weighted by molar-refractivity contribution is 5.79. The fourth-order valence-electron chi connectivity index (χ4n) is 0.705. The Labute approximate surface area is 64.0 Å². The van der Waals surface area contributed by atoms with Gasteiger partial charge in [-0.05, 0) is 12.1 Å². The average molecular weight is 152 g/mol. The van der Waals surface area contributed by atoms with Crippen molar-refractivity contribution in [2.24, 2.45) is 0 Å². The summed E-state index contributed by atoms with van der Waals surface area (Å²) in [4.78, 5) is 10.0. The molecule has 0 atom stereocenters. The lowest BCUT2D eigenvalue weighted by Crippen LogP contribution is -1.86. The second-order valence-corrected chi connectivity index (χ2v) is 2.02. The van der Waals surface area contributed by atoms with Gasteiger partial charge in [-0.25, -0.2) is 4.79 Å². The minimum atomic E-state index is -0.934. The molecule has 0 saturated heterocycles. The van der Waals surface area contributed by atoms with Crippen molar-refractivity contribution in [2.45, 2.75) is 6.42 Å². The standard InChI is InChI=1S/C8H8O3/c9-8(10)5-1-3-7-4-2-6-11-7/h1-2,4-6H,3H2,(H,9,10)/b5-1+. The summed E-state index contributed by atoms with van der Waals surface area (Å²) in [5.74, 6) is -0.168. The Hall–Kier alpha value is -1.51. The molecule has 3 nitrogen and oxygen atoms in total. The van der Waals surface area contributed by atoms with Crippen molar-refractivity contribution in [3.05, 3.63) is 36.3 Å². The molecule has 0 amide bonds. The average Bonchev–Trinajstić information content (AvgIpc) is 2.39. The molecule has 1 aromatic heterocycles. The number of hydrogen-bond acceptors (Lipinski definition) is 2. The summed E-state index contributed by atoms with van der Waals surface area (Å²) in [5.41, 5.74) is 0. The molecular weight excluding hydrogens is 144 g/mol. The molecule has 0 unspecified atom stereocenters. The van der Waals surface area contributed by atoms with Gasteiger partial charge in [0.15, 0.2) is 0 Å². The third kappa shape index (κ3) is 2.71. The Bertz CT molecular complexity index is 246. The summed E-state index contributed by atoms with van der Waals surface area (Å²) in [7, 11) is 0. The Morgan fingerprint density at radius 2 is 2.55 bits per heavy atom. The van der Waals surface area contributed by atoms with Crippen molar-refractivity contribution in [1.29, 1.82) is 0 Å². The number of aliphatic carboxylic acids is 1. The third-order valence-corrected chi connectivity index (χ3v) is 1.16. The van der Waals surface area contributed by atoms with Crippen LogP contribution < -0.4 is 0 Å². The van der Waals surface area contributed by atoms with Gasteiger partial charge in [-0.15, -0.1) is 0 Å². The lowest BCUT2D eigenvalue weighted by molar-refractivity contribution is -0.131. The van der Waals surface area contributed by atoms with Gasteiger partial charge in [0.25, 0.3) is 0 Å². The number of furan rings is 1. The van der Waals surface area contributed by atoms with Gasteiger partial charge >= 0.3 is 5.97 Å². The lowest BCUT2D eigenvalue weighted by Gasteiger charge is -1.84. The van der Waals surface area contributed by atoms with E-state index in [-0.39, 0.29) is 0 Å². The zero-order valence-electron chi connectivity index (χ0n) is 5.86. The van der Waals surface area contributed by atoms with Crippen LogP contribution in [-0.2, 0) is 11.2 Å². The highest BCUT2D eigenvalue weighted by Crippen LogP contribution is 2.00. The van der Waals surface area contributed by atoms with E-state index in [9.17, 15) is 4.79 Å². The van der Waals surface area contributed by atoms with E-state index in [0.717, 1.165) is 11.8 Å². The quantitative estimate of drug-likeness (QED) is 0.667. The molecule has 1 heterocycles. The van der Waals surface area contributed by atoms with Crippen molar-refractivity contribution >= 4 is 5.97 Å². The van der Waals surface area contributed by atoms with E-state index in [1.54, 1.807) is 24.5 Å². The van der Waals surface area contributed by atoms with Crippen LogP contribution >= 0.6 is 0 Å². The van der Waals surface area contributed by atoms with Gasteiger partial charge in [0.1, 0.15) is 5.76 Å². The Balaban J connectivity index is 2.40. The van der Waals surface area contributed by atoms with E-state index >= 15 is 0 Å². The molecule has 0 aliphatic rings. The summed E-state index contributed by atoms with van der Waals surface area (Å²) in [6, 6.07) is 3.57. The molecule has 0 fully saturated rings. The highest BCUT2D eigenvalue weighted by Gasteiger charge is 1.90. The molecular formula is C8H8O3. The van der Waals surface area contributed by atoms with Gasteiger partial charge in [-0.1, -0.05) is 6.08 Å². The predicted molar refractivity (Wildman–Crippen MR) is 39.2 cm³/mol. The molecule has 3 heteroatoms. The smallest absolute Gasteiger partial charge is 0.327 e. The maximum Gasteiger partial charge on any atom is 0.327 e. The van der Waals surface area contributed by atoms with Crippen LogP contribution in [0.25, 0.3) is 0 Å². The summed E-state index contributed by atoms with van der Waals surface area (Å²) in [6.07, 6.45) is 4.73. The lowest BCUT2D eigenvalue weighted by atomic mass is 10.3. The maximum absolute atomic E-state index is 10.0. The summed E-state index contributed by atoms with van der Waals surface area (Å²) in [5, 5.41) is 8.22. The SMILES string of the molecule is O=C(O)/C=C/Cc1ccco1. The molecule has 0 aromatic carbocycles. The molecule has 1 rings (SSSR count). The van der Waals surface area contributed by atoms with Gasteiger partial charge in [-0.2, -0.15) is 0 Å². The molecule has 0 saturated carbocycles. The van der Waals surface area contributed by atoms with E-state index in [1.165, 1.54) is 0 Å². The van der Waals surface area contributed by atoms with Gasteiger partial charge in [0, 0.05) is 12.5 Å². The Kier molecular flexibility index (Phi) is 2.49. The molecule has 0 radical (unpaired) electrons. The fraction of sp³-hybridized carbons (Fsp3) is 0.125.